The molecule has 0 radical (unpaired) electrons. The van der Waals surface area contributed by atoms with Crippen LogP contribution in [0.3, 0.4) is 0 Å². The molecule has 4 heteroatoms. The van der Waals surface area contributed by atoms with E-state index in [2.05, 4.69) is 5.32 Å². The third kappa shape index (κ3) is 2.23. The molecule has 0 amide bonds. The van der Waals surface area contributed by atoms with Gasteiger partial charge < -0.3 is 9.84 Å². The number of nitrogens with one attached hydrogen (secondary N) is 1. The summed E-state index contributed by atoms with van der Waals surface area (Å²) < 4.78 is 5.70. The lowest BCUT2D eigenvalue weighted by Crippen LogP contribution is -2.52. The van der Waals surface area contributed by atoms with Gasteiger partial charge in [-0.25, -0.2) is 0 Å². The highest BCUT2D eigenvalue weighted by atomic mass is 16.5. The van der Waals surface area contributed by atoms with Crippen molar-refractivity contribution in [3.63, 3.8) is 0 Å². The highest BCUT2D eigenvalue weighted by Crippen LogP contribution is 2.23. The van der Waals surface area contributed by atoms with Crippen LogP contribution >= 0.6 is 0 Å². The van der Waals surface area contributed by atoms with Crippen molar-refractivity contribution in [2.75, 3.05) is 6.54 Å². The summed E-state index contributed by atoms with van der Waals surface area (Å²) in [7, 11) is 0. The Bertz CT molecular complexity index is 366. The molecule has 0 saturated carbocycles. The molecule has 3 atom stereocenters. The summed E-state index contributed by atoms with van der Waals surface area (Å²) in [6.45, 7) is 2.31. The van der Waals surface area contributed by atoms with E-state index in [0.717, 1.165) is 5.56 Å². The molecule has 2 N–H and O–H groups in total. The van der Waals surface area contributed by atoms with Crippen molar-refractivity contribution in [1.29, 1.82) is 0 Å². The fraction of sp³-hybridized carbons (Fsp3) is 0.417. The van der Waals surface area contributed by atoms with Crippen LogP contribution in [0.25, 0.3) is 0 Å². The number of aliphatic carboxylic acids is 1. The number of carbonyl (C=O) groups is 1. The van der Waals surface area contributed by atoms with Gasteiger partial charge in [-0.3, -0.25) is 10.1 Å². The average Bonchev–Trinajstić information content (AvgIpc) is 2.29. The Morgan fingerprint density at radius 1 is 1.44 bits per heavy atom. The average molecular weight is 221 g/mol. The van der Waals surface area contributed by atoms with Gasteiger partial charge in [-0.1, -0.05) is 30.3 Å². The quantitative estimate of drug-likeness (QED) is 0.787. The van der Waals surface area contributed by atoms with Gasteiger partial charge >= 0.3 is 5.97 Å². The van der Waals surface area contributed by atoms with Gasteiger partial charge in [0.2, 0.25) is 0 Å². The zero-order chi connectivity index (χ0) is 11.5. The molecule has 86 valence electrons. The van der Waals surface area contributed by atoms with Gasteiger partial charge in [0.25, 0.3) is 0 Å². The Balaban J connectivity index is 2.05. The van der Waals surface area contributed by atoms with Gasteiger partial charge in [0.05, 0.1) is 12.2 Å². The molecule has 1 heterocycles. The van der Waals surface area contributed by atoms with Crippen molar-refractivity contribution >= 4 is 5.97 Å². The fourth-order valence-electron chi connectivity index (χ4n) is 1.94. The second kappa shape index (κ2) is 4.63. The molecule has 1 saturated heterocycles. The second-order valence-corrected chi connectivity index (χ2v) is 3.96. The highest BCUT2D eigenvalue weighted by molar-refractivity contribution is 5.74. The number of carboxylic acid groups (broad SMARTS) is 1. The molecule has 1 aliphatic rings. The minimum absolute atomic E-state index is 0.0631. The molecule has 1 fully saturated rings. The zero-order valence-electron chi connectivity index (χ0n) is 9.09. The Kier molecular flexibility index (Phi) is 3.22. The van der Waals surface area contributed by atoms with E-state index in [-0.39, 0.29) is 12.2 Å². The van der Waals surface area contributed by atoms with Crippen molar-refractivity contribution in [3.8, 4) is 0 Å². The molecule has 2 rings (SSSR count). The van der Waals surface area contributed by atoms with Crippen LogP contribution in [0, 0.1) is 0 Å². The van der Waals surface area contributed by atoms with Crippen LogP contribution in [0.5, 0.6) is 0 Å². The third-order valence-electron chi connectivity index (χ3n) is 2.81. The molecular formula is C12H15NO3. The number of carboxylic acids is 1. The molecule has 0 spiro atoms. The molecule has 3 unspecified atom stereocenters. The normalized spacial score (nSPS) is 29.9. The summed E-state index contributed by atoms with van der Waals surface area (Å²) in [5, 5.41) is 11.9. The predicted molar refractivity (Wildman–Crippen MR) is 59.2 cm³/mol. The number of rotatable bonds is 2. The number of ether oxygens (including phenoxy) is 1. The minimum atomic E-state index is -0.862. The van der Waals surface area contributed by atoms with Gasteiger partial charge in [-0.15, -0.1) is 0 Å². The molecule has 0 bridgehead atoms. The monoisotopic (exact) mass is 221 g/mol. The molecule has 4 nitrogen and oxygen atoms in total. The predicted octanol–water partition coefficient (Wildman–Crippen LogP) is 1.19. The van der Waals surface area contributed by atoms with Gasteiger partial charge in [-0.05, 0) is 12.5 Å². The maximum Gasteiger partial charge on any atom is 0.323 e. The topological polar surface area (TPSA) is 58.6 Å². The van der Waals surface area contributed by atoms with Crippen LogP contribution in [-0.2, 0) is 9.53 Å². The molecule has 1 aromatic rings. The molecule has 16 heavy (non-hydrogen) atoms. The standard InChI is InChI=1S/C12H15NO3/c1-8-11(12(14)15)13-7-10(16-8)9-5-3-2-4-6-9/h2-6,8,10-11,13H,7H2,1H3,(H,14,15). The molecule has 0 aromatic heterocycles. The lowest BCUT2D eigenvalue weighted by atomic mass is 10.0. The van der Waals surface area contributed by atoms with Crippen molar-refractivity contribution < 1.29 is 14.6 Å². The fourth-order valence-corrected chi connectivity index (χ4v) is 1.94. The maximum atomic E-state index is 10.9. The van der Waals surface area contributed by atoms with Crippen LogP contribution in [0.4, 0.5) is 0 Å². The first-order valence-electron chi connectivity index (χ1n) is 5.35. The largest absolute Gasteiger partial charge is 0.480 e. The Morgan fingerprint density at radius 2 is 2.12 bits per heavy atom. The van der Waals surface area contributed by atoms with Crippen LogP contribution in [0.15, 0.2) is 30.3 Å². The van der Waals surface area contributed by atoms with E-state index >= 15 is 0 Å². The van der Waals surface area contributed by atoms with Gasteiger partial charge in [0.1, 0.15) is 6.04 Å². The molecule has 0 aliphatic carbocycles. The van der Waals surface area contributed by atoms with Crippen LogP contribution < -0.4 is 5.32 Å². The molecular weight excluding hydrogens is 206 g/mol. The summed E-state index contributed by atoms with van der Waals surface area (Å²) >= 11 is 0. The number of benzene rings is 1. The van der Waals surface area contributed by atoms with Crippen LogP contribution in [-0.4, -0.2) is 29.8 Å². The number of hydrogen-bond donors (Lipinski definition) is 2. The summed E-state index contributed by atoms with van der Waals surface area (Å²) in [5.74, 6) is -0.862. The maximum absolute atomic E-state index is 10.9. The summed E-state index contributed by atoms with van der Waals surface area (Å²) in [4.78, 5) is 10.9. The van der Waals surface area contributed by atoms with E-state index in [1.807, 2.05) is 30.3 Å². The van der Waals surface area contributed by atoms with E-state index in [4.69, 9.17) is 9.84 Å². The van der Waals surface area contributed by atoms with Crippen molar-refractivity contribution in [1.82, 2.24) is 5.32 Å². The van der Waals surface area contributed by atoms with Crippen LogP contribution in [0.2, 0.25) is 0 Å². The lowest BCUT2D eigenvalue weighted by Gasteiger charge is -2.33. The van der Waals surface area contributed by atoms with Crippen LogP contribution in [0.1, 0.15) is 18.6 Å². The van der Waals surface area contributed by atoms with E-state index in [9.17, 15) is 4.79 Å². The second-order valence-electron chi connectivity index (χ2n) is 3.96. The van der Waals surface area contributed by atoms with E-state index in [0.29, 0.717) is 6.54 Å². The Hall–Kier alpha value is -1.39. The Morgan fingerprint density at radius 3 is 2.69 bits per heavy atom. The first kappa shape index (κ1) is 11.1. The minimum Gasteiger partial charge on any atom is -0.480 e. The summed E-state index contributed by atoms with van der Waals surface area (Å²) in [6.07, 6.45) is -0.386. The van der Waals surface area contributed by atoms with Crippen molar-refractivity contribution in [3.05, 3.63) is 35.9 Å². The molecule has 1 aromatic carbocycles. The van der Waals surface area contributed by atoms with Crippen molar-refractivity contribution in [2.24, 2.45) is 0 Å². The first-order valence-corrected chi connectivity index (χ1v) is 5.35. The van der Waals surface area contributed by atoms with Gasteiger partial charge in [0, 0.05) is 6.54 Å². The summed E-state index contributed by atoms with van der Waals surface area (Å²) in [6, 6.07) is 9.21. The summed E-state index contributed by atoms with van der Waals surface area (Å²) in [5.41, 5.74) is 1.07. The Labute approximate surface area is 94.2 Å². The van der Waals surface area contributed by atoms with E-state index < -0.39 is 12.0 Å². The SMILES string of the molecule is CC1OC(c2ccccc2)CNC1C(=O)O. The first-order chi connectivity index (χ1) is 7.68. The molecule has 1 aliphatic heterocycles. The van der Waals surface area contributed by atoms with E-state index in [1.54, 1.807) is 6.92 Å². The lowest BCUT2D eigenvalue weighted by molar-refractivity contribution is -0.149. The third-order valence-corrected chi connectivity index (χ3v) is 2.81. The number of hydrogen-bond acceptors (Lipinski definition) is 3. The highest BCUT2D eigenvalue weighted by Gasteiger charge is 2.32. The number of morpholine rings is 1. The van der Waals surface area contributed by atoms with Gasteiger partial charge in [-0.2, -0.15) is 0 Å². The zero-order valence-corrected chi connectivity index (χ0v) is 9.09. The van der Waals surface area contributed by atoms with E-state index in [1.165, 1.54) is 0 Å². The van der Waals surface area contributed by atoms with Crippen molar-refractivity contribution in [2.45, 2.75) is 25.2 Å². The van der Waals surface area contributed by atoms with Gasteiger partial charge in [0.15, 0.2) is 0 Å². The smallest absolute Gasteiger partial charge is 0.323 e.